The van der Waals surface area contributed by atoms with E-state index in [1.165, 1.54) is 41.3 Å². The Morgan fingerprint density at radius 3 is 2.73 bits per heavy atom. The van der Waals surface area contributed by atoms with Crippen molar-refractivity contribution >= 4 is 57.3 Å². The molecule has 0 unspecified atom stereocenters. The molecule has 0 amide bonds. The summed E-state index contributed by atoms with van der Waals surface area (Å²) >= 11 is 8.36. The van der Waals surface area contributed by atoms with Crippen molar-refractivity contribution in [1.29, 1.82) is 0 Å². The number of thioether (sulfide) groups is 1. The highest BCUT2D eigenvalue weighted by molar-refractivity contribution is 8.00. The highest BCUT2D eigenvalue weighted by Crippen LogP contribution is 2.41. The molecule has 2 aromatic carbocycles. The molecule has 30 heavy (non-hydrogen) atoms. The quantitative estimate of drug-likeness (QED) is 0.259. The summed E-state index contributed by atoms with van der Waals surface area (Å²) < 4.78 is 41.5. The number of halogens is 4. The largest absolute Gasteiger partial charge is 0.492 e. The lowest BCUT2D eigenvalue weighted by Crippen LogP contribution is -2.07. The molecule has 0 saturated carbocycles. The minimum absolute atomic E-state index is 0.00820. The molecule has 0 bridgehead atoms. The molecule has 0 aliphatic rings. The van der Waals surface area contributed by atoms with Crippen LogP contribution in [0.25, 0.3) is 22.6 Å². The molecule has 0 spiro atoms. The molecule has 0 aliphatic heterocycles. The van der Waals surface area contributed by atoms with Gasteiger partial charge in [0.25, 0.3) is 0 Å². The van der Waals surface area contributed by atoms with E-state index in [2.05, 4.69) is 15.2 Å². The molecule has 4 rings (SSSR count). The first-order valence-corrected chi connectivity index (χ1v) is 10.9. The first-order chi connectivity index (χ1) is 14.3. The number of aromatic nitrogens is 3. The predicted octanol–water partition coefficient (Wildman–Crippen LogP) is 6.71. The standard InChI is InChI=1S/C20H13ClF3N3OS2/c1-29-19-26-18(28)17(30-19)14(10-3-5-16-12(6-10)9-25-27-16)7-11-2-4-13(21)8-15(11)20(22,23)24/h2-9,28H,1H3,(H,25,27). The second-order valence-corrected chi connectivity index (χ2v) is 8.78. The second kappa shape index (κ2) is 7.98. The van der Waals surface area contributed by atoms with Crippen molar-refractivity contribution in [3.8, 4) is 5.88 Å². The summed E-state index contributed by atoms with van der Waals surface area (Å²) in [5, 5.41) is 18.0. The van der Waals surface area contributed by atoms with E-state index in [0.29, 0.717) is 20.4 Å². The maximum atomic E-state index is 13.6. The molecule has 10 heteroatoms. The van der Waals surface area contributed by atoms with Gasteiger partial charge in [0.05, 0.1) is 22.2 Å². The van der Waals surface area contributed by atoms with Crippen molar-refractivity contribution in [3.05, 3.63) is 69.2 Å². The van der Waals surface area contributed by atoms with Crippen LogP contribution in [0.15, 0.2) is 46.9 Å². The Morgan fingerprint density at radius 1 is 1.23 bits per heavy atom. The molecule has 0 aliphatic carbocycles. The van der Waals surface area contributed by atoms with E-state index in [1.54, 1.807) is 24.4 Å². The van der Waals surface area contributed by atoms with Gasteiger partial charge in [-0.1, -0.05) is 35.5 Å². The van der Waals surface area contributed by atoms with Gasteiger partial charge in [0.2, 0.25) is 5.88 Å². The molecule has 2 N–H and O–H groups in total. The minimum Gasteiger partial charge on any atom is -0.492 e. The van der Waals surface area contributed by atoms with Gasteiger partial charge >= 0.3 is 6.18 Å². The summed E-state index contributed by atoms with van der Waals surface area (Å²) in [5.74, 6) is -0.231. The van der Waals surface area contributed by atoms with Crippen LogP contribution >= 0.6 is 34.7 Å². The zero-order valence-corrected chi connectivity index (χ0v) is 17.7. The van der Waals surface area contributed by atoms with Gasteiger partial charge in [-0.25, -0.2) is 0 Å². The van der Waals surface area contributed by atoms with Crippen LogP contribution in [0.5, 0.6) is 5.88 Å². The van der Waals surface area contributed by atoms with Crippen molar-refractivity contribution in [2.75, 3.05) is 6.26 Å². The number of fused-ring (bicyclic) bond motifs is 1. The SMILES string of the molecule is CSc1nc(O)c(C(=Cc2ccc(Cl)cc2C(F)(F)F)c2ccc3[nH]ncc3c2)s1. The number of H-pyrrole nitrogens is 1. The highest BCUT2D eigenvalue weighted by atomic mass is 35.5. The lowest BCUT2D eigenvalue weighted by Gasteiger charge is -2.13. The minimum atomic E-state index is -4.59. The number of hydrogen-bond acceptors (Lipinski definition) is 5. The van der Waals surface area contributed by atoms with Gasteiger partial charge in [-0.2, -0.15) is 23.3 Å². The lowest BCUT2D eigenvalue weighted by molar-refractivity contribution is -0.137. The van der Waals surface area contributed by atoms with Crippen molar-refractivity contribution in [2.45, 2.75) is 10.5 Å². The Bertz CT molecular complexity index is 1260. The number of hydrogen-bond donors (Lipinski definition) is 2. The first kappa shape index (κ1) is 20.8. The van der Waals surface area contributed by atoms with Crippen LogP contribution in [0.4, 0.5) is 13.2 Å². The Kier molecular flexibility index (Phi) is 5.52. The van der Waals surface area contributed by atoms with Gasteiger partial charge < -0.3 is 5.11 Å². The van der Waals surface area contributed by atoms with Crippen molar-refractivity contribution < 1.29 is 18.3 Å². The number of nitrogens with one attached hydrogen (secondary N) is 1. The van der Waals surface area contributed by atoms with E-state index in [4.69, 9.17) is 11.6 Å². The molecule has 0 fully saturated rings. The monoisotopic (exact) mass is 467 g/mol. The van der Waals surface area contributed by atoms with Gasteiger partial charge in [0.15, 0.2) is 4.34 Å². The third-order valence-corrected chi connectivity index (χ3v) is 6.68. The molecular weight excluding hydrogens is 455 g/mol. The third kappa shape index (κ3) is 4.05. The number of rotatable bonds is 4. The maximum Gasteiger partial charge on any atom is 0.417 e. The first-order valence-electron chi connectivity index (χ1n) is 8.52. The number of nitrogens with zero attached hydrogens (tertiary/aromatic N) is 2. The number of thiazole rings is 1. The smallest absolute Gasteiger partial charge is 0.417 e. The Hall–Kier alpha value is -2.49. The van der Waals surface area contributed by atoms with Crippen LogP contribution in [-0.4, -0.2) is 26.5 Å². The molecular formula is C20H13ClF3N3OS2. The van der Waals surface area contributed by atoms with E-state index in [-0.39, 0.29) is 16.5 Å². The molecule has 2 heterocycles. The van der Waals surface area contributed by atoms with Crippen LogP contribution in [0.2, 0.25) is 5.02 Å². The number of benzene rings is 2. The van der Waals surface area contributed by atoms with Crippen LogP contribution in [0.3, 0.4) is 0 Å². The van der Waals surface area contributed by atoms with Crippen molar-refractivity contribution in [3.63, 3.8) is 0 Å². The molecule has 0 radical (unpaired) electrons. The van der Waals surface area contributed by atoms with E-state index in [9.17, 15) is 18.3 Å². The average molecular weight is 468 g/mol. The van der Waals surface area contributed by atoms with E-state index in [0.717, 1.165) is 17.0 Å². The molecule has 0 saturated heterocycles. The highest BCUT2D eigenvalue weighted by Gasteiger charge is 2.33. The Labute approximate surface area is 182 Å². The molecule has 4 aromatic rings. The van der Waals surface area contributed by atoms with Crippen LogP contribution < -0.4 is 0 Å². The summed E-state index contributed by atoms with van der Waals surface area (Å²) in [6, 6.07) is 8.95. The van der Waals surface area contributed by atoms with Gasteiger partial charge in [0, 0.05) is 16.0 Å². The topological polar surface area (TPSA) is 61.8 Å². The molecule has 0 atom stereocenters. The fourth-order valence-corrected chi connectivity index (χ4v) is 4.66. The average Bonchev–Trinajstić information content (AvgIpc) is 3.32. The molecule has 4 nitrogen and oxygen atoms in total. The zero-order chi connectivity index (χ0) is 21.5. The summed E-state index contributed by atoms with van der Waals surface area (Å²) in [7, 11) is 0. The zero-order valence-electron chi connectivity index (χ0n) is 15.3. The summed E-state index contributed by atoms with van der Waals surface area (Å²) in [5.41, 5.74) is 0.914. The predicted molar refractivity (Wildman–Crippen MR) is 115 cm³/mol. The molecule has 154 valence electrons. The summed E-state index contributed by atoms with van der Waals surface area (Å²) in [6.45, 7) is 0. The van der Waals surface area contributed by atoms with Gasteiger partial charge in [-0.05, 0) is 47.7 Å². The number of aromatic hydroxyl groups is 1. The van der Waals surface area contributed by atoms with Gasteiger partial charge in [0.1, 0.15) is 0 Å². The lowest BCUT2D eigenvalue weighted by atomic mass is 9.98. The van der Waals surface area contributed by atoms with Gasteiger partial charge in [-0.15, -0.1) is 11.3 Å². The van der Waals surface area contributed by atoms with Crippen LogP contribution in [0.1, 0.15) is 21.6 Å². The fourth-order valence-electron chi connectivity index (χ4n) is 3.00. The Morgan fingerprint density at radius 2 is 2.03 bits per heavy atom. The van der Waals surface area contributed by atoms with E-state index < -0.39 is 11.7 Å². The fraction of sp³-hybridized carbons (Fsp3) is 0.100. The van der Waals surface area contributed by atoms with Crippen molar-refractivity contribution in [1.82, 2.24) is 15.2 Å². The second-order valence-electron chi connectivity index (χ2n) is 6.30. The number of aromatic amines is 1. The van der Waals surface area contributed by atoms with Crippen LogP contribution in [0, 0.1) is 0 Å². The third-order valence-electron chi connectivity index (χ3n) is 4.38. The Balaban J connectivity index is 1.97. The normalized spacial score (nSPS) is 12.6. The van der Waals surface area contributed by atoms with Crippen molar-refractivity contribution in [2.24, 2.45) is 0 Å². The molecule has 2 aromatic heterocycles. The summed E-state index contributed by atoms with van der Waals surface area (Å²) in [4.78, 5) is 4.47. The van der Waals surface area contributed by atoms with E-state index >= 15 is 0 Å². The maximum absolute atomic E-state index is 13.6. The number of alkyl halides is 3. The van der Waals surface area contributed by atoms with Gasteiger partial charge in [-0.3, -0.25) is 5.10 Å². The van der Waals surface area contributed by atoms with Crippen LogP contribution in [-0.2, 0) is 6.18 Å². The van der Waals surface area contributed by atoms with E-state index in [1.807, 2.05) is 6.26 Å². The summed E-state index contributed by atoms with van der Waals surface area (Å²) in [6.07, 6.45) is 0.248.